The highest BCUT2D eigenvalue weighted by atomic mass is 16.5. The molecule has 36 heavy (non-hydrogen) atoms. The number of hydrazine groups is 1. The van der Waals surface area contributed by atoms with E-state index >= 15 is 0 Å². The molecule has 5 N–H and O–H groups in total. The van der Waals surface area contributed by atoms with E-state index in [1.807, 2.05) is 0 Å². The van der Waals surface area contributed by atoms with E-state index in [2.05, 4.69) is 60.0 Å². The van der Waals surface area contributed by atoms with Crippen molar-refractivity contribution < 1.29 is 19.7 Å². The largest absolute Gasteiger partial charge is 0.481 e. The molecule has 0 aromatic rings. The van der Waals surface area contributed by atoms with Gasteiger partial charge in [0.15, 0.2) is 0 Å². The molecule has 6 heteroatoms. The Kier molecular flexibility index (Phi) is 6.12. The molecule has 4 fully saturated rings. The van der Waals surface area contributed by atoms with Crippen molar-refractivity contribution in [1.29, 1.82) is 0 Å². The number of carboxylic acid groups (broad SMARTS) is 1. The molecule has 1 saturated heterocycles. The summed E-state index contributed by atoms with van der Waals surface area (Å²) in [4.78, 5) is 13.1. The maximum Gasteiger partial charge on any atom is 0.307 e. The number of carbonyl (C=O) groups is 1. The van der Waals surface area contributed by atoms with Crippen molar-refractivity contribution in [2.45, 2.75) is 99.1 Å². The Bertz CT molecular complexity index is 951. The zero-order chi connectivity index (χ0) is 26.5. The van der Waals surface area contributed by atoms with Gasteiger partial charge < -0.3 is 14.9 Å². The Balaban J connectivity index is 1.62. The normalized spacial score (nSPS) is 53.1. The van der Waals surface area contributed by atoms with Crippen LogP contribution in [0.4, 0.5) is 0 Å². The highest BCUT2D eigenvalue weighted by Crippen LogP contribution is 2.74. The number of aliphatic hydroxyl groups excluding tert-OH is 1. The van der Waals surface area contributed by atoms with Crippen LogP contribution in [0.1, 0.15) is 87.0 Å². The first-order valence-corrected chi connectivity index (χ1v) is 14.4. The molecule has 5 aliphatic rings. The van der Waals surface area contributed by atoms with Crippen molar-refractivity contribution in [2.75, 3.05) is 13.2 Å². The molecule has 5 rings (SSSR count). The van der Waals surface area contributed by atoms with Crippen molar-refractivity contribution in [3.63, 3.8) is 0 Å². The summed E-state index contributed by atoms with van der Waals surface area (Å²) in [5, 5.41) is 22.1. The molecule has 0 unspecified atom stereocenters. The van der Waals surface area contributed by atoms with Crippen LogP contribution in [0.15, 0.2) is 11.6 Å². The number of fused-ring (bicyclic) bond motifs is 3. The second-order valence-corrected chi connectivity index (χ2v) is 14.8. The lowest BCUT2D eigenvalue weighted by molar-refractivity contribution is -0.235. The molecule has 204 valence electrons. The molecule has 0 aromatic heterocycles. The fraction of sp³-hybridized carbons (Fsp3) is 0.900. The van der Waals surface area contributed by atoms with Gasteiger partial charge in [-0.2, -0.15) is 0 Å². The predicted molar refractivity (Wildman–Crippen MR) is 141 cm³/mol. The third-order valence-electron chi connectivity index (χ3n) is 13.4. The minimum Gasteiger partial charge on any atom is -0.481 e. The Hall–Kier alpha value is -0.950. The molecular weight excluding hydrogens is 452 g/mol. The summed E-state index contributed by atoms with van der Waals surface area (Å²) in [6, 6.07) is -0.163. The van der Waals surface area contributed by atoms with Gasteiger partial charge in [-0.1, -0.05) is 60.1 Å². The highest BCUT2D eigenvalue weighted by molar-refractivity contribution is 5.73. The standard InChI is InChI=1S/C30H50N2O4/c1-17(2)18(3)26(4)12-13-28(6)19-8-9-22-27(5)15-36-16-30(22,14-21(32-31)24(27)33)20(19)10-11-29(28,7)23(26)25(34)35/h10,17-19,21-24,32-33H,8-9,11-16,31H2,1-7H3,(H,34,35)/t18-,19+,21-,22+,23-,24+,26-,27+,28-,29+,30+/m1/s1. The van der Waals surface area contributed by atoms with Gasteiger partial charge in [0.2, 0.25) is 0 Å². The maximum atomic E-state index is 13.1. The smallest absolute Gasteiger partial charge is 0.307 e. The molecule has 4 aliphatic carbocycles. The van der Waals surface area contributed by atoms with Crippen LogP contribution in [0.3, 0.4) is 0 Å². The van der Waals surface area contributed by atoms with E-state index in [0.29, 0.717) is 36.9 Å². The molecule has 0 amide bonds. The Morgan fingerprint density at radius 1 is 1.11 bits per heavy atom. The summed E-state index contributed by atoms with van der Waals surface area (Å²) >= 11 is 0. The number of nitrogens with two attached hydrogens (primary N) is 1. The number of aliphatic hydroxyl groups is 1. The van der Waals surface area contributed by atoms with Crippen molar-refractivity contribution >= 4 is 5.97 Å². The van der Waals surface area contributed by atoms with Crippen LogP contribution in [0.5, 0.6) is 0 Å². The van der Waals surface area contributed by atoms with Gasteiger partial charge in [0, 0.05) is 16.9 Å². The molecule has 1 aliphatic heterocycles. The van der Waals surface area contributed by atoms with Crippen LogP contribution < -0.4 is 11.3 Å². The first-order valence-electron chi connectivity index (χ1n) is 14.4. The van der Waals surface area contributed by atoms with E-state index < -0.39 is 12.1 Å². The van der Waals surface area contributed by atoms with Gasteiger partial charge in [-0.3, -0.25) is 16.1 Å². The van der Waals surface area contributed by atoms with Crippen molar-refractivity contribution in [2.24, 2.45) is 62.5 Å². The third-order valence-corrected chi connectivity index (χ3v) is 13.4. The van der Waals surface area contributed by atoms with Gasteiger partial charge in [-0.25, -0.2) is 0 Å². The summed E-state index contributed by atoms with van der Waals surface area (Å²) in [7, 11) is 0. The number of nitrogens with one attached hydrogen (secondary N) is 1. The Morgan fingerprint density at radius 3 is 2.42 bits per heavy atom. The summed E-state index contributed by atoms with van der Waals surface area (Å²) in [6.07, 6.45) is 7.62. The number of ether oxygens (including phenoxy) is 1. The fourth-order valence-electron chi connectivity index (χ4n) is 10.8. The van der Waals surface area contributed by atoms with Crippen LogP contribution >= 0.6 is 0 Å². The lowest BCUT2D eigenvalue weighted by atomic mass is 9.34. The number of carboxylic acids is 1. The van der Waals surface area contributed by atoms with Gasteiger partial charge >= 0.3 is 5.97 Å². The van der Waals surface area contributed by atoms with E-state index in [1.165, 1.54) is 5.57 Å². The van der Waals surface area contributed by atoms with E-state index in [1.54, 1.807) is 0 Å². The topological polar surface area (TPSA) is 105 Å². The minimum atomic E-state index is -0.621. The molecule has 2 bridgehead atoms. The fourth-order valence-corrected chi connectivity index (χ4v) is 10.8. The second kappa shape index (κ2) is 8.27. The lowest BCUT2D eigenvalue weighted by Gasteiger charge is -2.71. The van der Waals surface area contributed by atoms with Crippen molar-refractivity contribution in [3.8, 4) is 0 Å². The summed E-state index contributed by atoms with van der Waals surface area (Å²) in [6.45, 7) is 17.2. The average Bonchev–Trinajstić information content (AvgIpc) is 2.81. The minimum absolute atomic E-state index is 0.0916. The van der Waals surface area contributed by atoms with Gasteiger partial charge in [0.05, 0.1) is 25.2 Å². The van der Waals surface area contributed by atoms with Crippen LogP contribution in [-0.2, 0) is 9.53 Å². The Labute approximate surface area is 217 Å². The van der Waals surface area contributed by atoms with E-state index in [4.69, 9.17) is 10.6 Å². The van der Waals surface area contributed by atoms with Gasteiger partial charge in [0.1, 0.15) is 0 Å². The SMILES string of the molecule is CC(C)[C@@H](C)[C@@]1(C)CC[C@]2(C)[C@H]3CC[C@@H]4[C@@]5(COC[C@]4(C)[C@@H](O)[C@H](NN)C5)C3=CC[C@@]2(C)[C@@H]1C(=O)O. The van der Waals surface area contributed by atoms with Crippen LogP contribution in [0, 0.1) is 56.7 Å². The maximum absolute atomic E-state index is 13.1. The van der Waals surface area contributed by atoms with E-state index in [9.17, 15) is 15.0 Å². The number of hydrogen-bond donors (Lipinski definition) is 4. The number of hydrogen-bond acceptors (Lipinski definition) is 5. The lowest BCUT2D eigenvalue weighted by Crippen LogP contribution is -2.71. The number of allylic oxidation sites excluding steroid dienone is 1. The summed E-state index contributed by atoms with van der Waals surface area (Å²) < 4.78 is 6.29. The zero-order valence-electron chi connectivity index (χ0n) is 23.6. The van der Waals surface area contributed by atoms with Gasteiger partial charge in [-0.15, -0.1) is 0 Å². The monoisotopic (exact) mass is 502 g/mol. The molecule has 0 spiro atoms. The molecule has 0 radical (unpaired) electrons. The third kappa shape index (κ3) is 3.08. The van der Waals surface area contributed by atoms with Crippen LogP contribution in [-0.4, -0.2) is 41.5 Å². The summed E-state index contributed by atoms with van der Waals surface area (Å²) in [5.41, 5.74) is 3.33. The average molecular weight is 503 g/mol. The van der Waals surface area contributed by atoms with Crippen molar-refractivity contribution in [1.82, 2.24) is 5.43 Å². The predicted octanol–water partition coefficient (Wildman–Crippen LogP) is 4.77. The molecule has 11 atom stereocenters. The number of aliphatic carboxylic acids is 1. The summed E-state index contributed by atoms with van der Waals surface area (Å²) in [5.74, 6) is 6.47. The quantitative estimate of drug-likeness (QED) is 0.251. The molecule has 1 heterocycles. The van der Waals surface area contributed by atoms with Crippen LogP contribution in [0.25, 0.3) is 0 Å². The van der Waals surface area contributed by atoms with Gasteiger partial charge in [0.25, 0.3) is 0 Å². The Morgan fingerprint density at radius 2 is 1.81 bits per heavy atom. The van der Waals surface area contributed by atoms with Crippen molar-refractivity contribution in [3.05, 3.63) is 11.6 Å². The first-order chi connectivity index (χ1) is 16.7. The molecule has 3 saturated carbocycles. The molecular formula is C30H50N2O4. The highest BCUT2D eigenvalue weighted by Gasteiger charge is 2.71. The number of rotatable bonds is 4. The second-order valence-electron chi connectivity index (χ2n) is 14.8. The molecule has 0 aromatic carbocycles. The van der Waals surface area contributed by atoms with E-state index in [-0.39, 0.29) is 39.0 Å². The molecule has 6 nitrogen and oxygen atoms in total. The van der Waals surface area contributed by atoms with Gasteiger partial charge in [-0.05, 0) is 78.4 Å². The van der Waals surface area contributed by atoms with Crippen LogP contribution in [0.2, 0.25) is 0 Å². The first kappa shape index (κ1) is 26.6. The zero-order valence-corrected chi connectivity index (χ0v) is 23.6. The van der Waals surface area contributed by atoms with E-state index in [0.717, 1.165) is 38.5 Å².